The van der Waals surface area contributed by atoms with Gasteiger partial charge in [0.15, 0.2) is 0 Å². The van der Waals surface area contributed by atoms with E-state index in [1.165, 1.54) is 0 Å². The highest BCUT2D eigenvalue weighted by Crippen LogP contribution is 2.17. The topological polar surface area (TPSA) is 38.0 Å². The van der Waals surface area contributed by atoms with Crippen LogP contribution in [0.1, 0.15) is 5.56 Å². The number of halogens is 1. The fraction of sp³-hybridized carbons (Fsp3) is 0.0769. The largest absolute Gasteiger partial charge is 0.398 e. The van der Waals surface area contributed by atoms with Crippen molar-refractivity contribution in [3.8, 4) is 0 Å². The summed E-state index contributed by atoms with van der Waals surface area (Å²) < 4.78 is 0. The van der Waals surface area contributed by atoms with Crippen molar-refractivity contribution in [1.29, 1.82) is 0 Å². The fourth-order valence-electron chi connectivity index (χ4n) is 1.49. The summed E-state index contributed by atoms with van der Waals surface area (Å²) >= 11 is 5.89. The average molecular weight is 233 g/mol. The molecule has 0 aliphatic rings. The lowest BCUT2D eigenvalue weighted by molar-refractivity contribution is 1.15. The average Bonchev–Trinajstić information content (AvgIpc) is 2.28. The molecule has 3 heteroatoms. The Labute approximate surface area is 100 Å². The van der Waals surface area contributed by atoms with Gasteiger partial charge in [0.2, 0.25) is 0 Å². The maximum Gasteiger partial charge on any atom is 0.0426 e. The molecule has 0 bridgehead atoms. The summed E-state index contributed by atoms with van der Waals surface area (Å²) in [6.07, 6.45) is 0. The van der Waals surface area contributed by atoms with Crippen LogP contribution in [0, 0.1) is 0 Å². The Hall–Kier alpha value is -1.67. The molecule has 0 spiro atoms. The van der Waals surface area contributed by atoms with Crippen molar-refractivity contribution >= 4 is 23.0 Å². The fourth-order valence-corrected chi connectivity index (χ4v) is 1.68. The van der Waals surface area contributed by atoms with Crippen molar-refractivity contribution in [2.45, 2.75) is 6.54 Å². The van der Waals surface area contributed by atoms with E-state index in [0.29, 0.717) is 6.54 Å². The van der Waals surface area contributed by atoms with Crippen LogP contribution in [-0.4, -0.2) is 0 Å². The quantitative estimate of drug-likeness (QED) is 0.795. The predicted molar refractivity (Wildman–Crippen MR) is 69.6 cm³/mol. The molecule has 0 radical (unpaired) electrons. The normalized spacial score (nSPS) is 10.1. The molecule has 0 saturated carbocycles. The minimum atomic E-state index is 0.701. The van der Waals surface area contributed by atoms with Gasteiger partial charge in [0.05, 0.1) is 0 Å². The van der Waals surface area contributed by atoms with Crippen LogP contribution >= 0.6 is 11.6 Å². The van der Waals surface area contributed by atoms with Crippen molar-refractivity contribution in [3.05, 3.63) is 59.1 Å². The van der Waals surface area contributed by atoms with Gasteiger partial charge in [-0.1, -0.05) is 35.9 Å². The Bertz CT molecular complexity index is 483. The molecule has 2 rings (SSSR count). The molecule has 2 aromatic carbocycles. The summed E-state index contributed by atoms with van der Waals surface area (Å²) in [6, 6.07) is 15.4. The van der Waals surface area contributed by atoms with Gasteiger partial charge in [-0.15, -0.1) is 0 Å². The summed E-state index contributed by atoms with van der Waals surface area (Å²) in [5.41, 5.74) is 8.73. The first kappa shape index (κ1) is 10.8. The number of anilines is 2. The van der Waals surface area contributed by atoms with E-state index in [-0.39, 0.29) is 0 Å². The van der Waals surface area contributed by atoms with Crippen LogP contribution in [-0.2, 0) is 6.54 Å². The van der Waals surface area contributed by atoms with Crippen molar-refractivity contribution in [1.82, 2.24) is 0 Å². The zero-order valence-corrected chi connectivity index (χ0v) is 9.54. The van der Waals surface area contributed by atoms with Gasteiger partial charge in [-0.25, -0.2) is 0 Å². The van der Waals surface area contributed by atoms with Gasteiger partial charge in [-0.05, 0) is 29.8 Å². The Morgan fingerprint density at radius 2 is 1.88 bits per heavy atom. The molecule has 0 atom stereocenters. The molecule has 3 N–H and O–H groups in total. The van der Waals surface area contributed by atoms with Gasteiger partial charge in [0.25, 0.3) is 0 Å². The van der Waals surface area contributed by atoms with Crippen molar-refractivity contribution in [3.63, 3.8) is 0 Å². The number of nitrogen functional groups attached to an aromatic ring is 1. The molecule has 0 saturated heterocycles. The van der Waals surface area contributed by atoms with Crippen LogP contribution in [0.3, 0.4) is 0 Å². The van der Waals surface area contributed by atoms with Crippen LogP contribution in [0.15, 0.2) is 48.5 Å². The molecular weight excluding hydrogens is 220 g/mol. The summed E-state index contributed by atoms with van der Waals surface area (Å²) in [5.74, 6) is 0. The SMILES string of the molecule is Nc1ccccc1CNc1cccc(Cl)c1. The molecule has 0 aromatic heterocycles. The summed E-state index contributed by atoms with van der Waals surface area (Å²) in [7, 11) is 0. The van der Waals surface area contributed by atoms with Crippen LogP contribution in [0.4, 0.5) is 11.4 Å². The monoisotopic (exact) mass is 232 g/mol. The minimum Gasteiger partial charge on any atom is -0.398 e. The summed E-state index contributed by atoms with van der Waals surface area (Å²) in [4.78, 5) is 0. The third-order valence-electron chi connectivity index (χ3n) is 2.36. The number of para-hydroxylation sites is 1. The number of hydrogen-bond donors (Lipinski definition) is 2. The van der Waals surface area contributed by atoms with Crippen molar-refractivity contribution in [2.24, 2.45) is 0 Å². The first-order chi connectivity index (χ1) is 7.75. The van der Waals surface area contributed by atoms with Crippen molar-refractivity contribution < 1.29 is 0 Å². The van der Waals surface area contributed by atoms with E-state index >= 15 is 0 Å². The third-order valence-corrected chi connectivity index (χ3v) is 2.60. The zero-order valence-electron chi connectivity index (χ0n) is 8.78. The molecule has 0 heterocycles. The molecule has 82 valence electrons. The number of hydrogen-bond acceptors (Lipinski definition) is 2. The highest BCUT2D eigenvalue weighted by atomic mass is 35.5. The van der Waals surface area contributed by atoms with Gasteiger partial charge < -0.3 is 11.1 Å². The highest BCUT2D eigenvalue weighted by molar-refractivity contribution is 6.30. The molecule has 0 aliphatic heterocycles. The molecule has 16 heavy (non-hydrogen) atoms. The minimum absolute atomic E-state index is 0.701. The van der Waals surface area contributed by atoms with E-state index in [2.05, 4.69) is 5.32 Å². The lowest BCUT2D eigenvalue weighted by Gasteiger charge is -2.08. The standard InChI is InChI=1S/C13H13ClN2/c14-11-5-3-6-12(8-11)16-9-10-4-1-2-7-13(10)15/h1-8,16H,9,15H2. The third kappa shape index (κ3) is 2.67. The summed E-state index contributed by atoms with van der Waals surface area (Å²) in [5, 5.41) is 4.01. The molecule has 0 unspecified atom stereocenters. The molecule has 2 aromatic rings. The Morgan fingerprint density at radius 1 is 1.06 bits per heavy atom. The van der Waals surface area contributed by atoms with E-state index in [9.17, 15) is 0 Å². The second kappa shape index (κ2) is 4.90. The van der Waals surface area contributed by atoms with Gasteiger partial charge in [0, 0.05) is 22.9 Å². The van der Waals surface area contributed by atoms with E-state index in [0.717, 1.165) is 22.0 Å². The first-order valence-electron chi connectivity index (χ1n) is 5.08. The highest BCUT2D eigenvalue weighted by Gasteiger charge is 1.98. The predicted octanol–water partition coefficient (Wildman–Crippen LogP) is 3.53. The Kier molecular flexibility index (Phi) is 3.32. The number of nitrogens with one attached hydrogen (secondary N) is 1. The van der Waals surface area contributed by atoms with Gasteiger partial charge in [-0.2, -0.15) is 0 Å². The maximum absolute atomic E-state index is 5.89. The molecule has 0 amide bonds. The Morgan fingerprint density at radius 3 is 2.62 bits per heavy atom. The zero-order chi connectivity index (χ0) is 11.4. The lowest BCUT2D eigenvalue weighted by atomic mass is 10.2. The smallest absolute Gasteiger partial charge is 0.0426 e. The van der Waals surface area contributed by atoms with Crippen LogP contribution in [0.25, 0.3) is 0 Å². The van der Waals surface area contributed by atoms with Gasteiger partial charge >= 0.3 is 0 Å². The first-order valence-corrected chi connectivity index (χ1v) is 5.46. The molecule has 0 fully saturated rings. The van der Waals surface area contributed by atoms with Crippen LogP contribution in [0.5, 0.6) is 0 Å². The summed E-state index contributed by atoms with van der Waals surface area (Å²) in [6.45, 7) is 0.701. The van der Waals surface area contributed by atoms with Crippen LogP contribution < -0.4 is 11.1 Å². The van der Waals surface area contributed by atoms with E-state index in [4.69, 9.17) is 17.3 Å². The number of nitrogens with two attached hydrogens (primary N) is 1. The number of rotatable bonds is 3. The molecular formula is C13H13ClN2. The second-order valence-corrected chi connectivity index (χ2v) is 4.00. The van der Waals surface area contributed by atoms with E-state index in [1.807, 2.05) is 48.5 Å². The van der Waals surface area contributed by atoms with E-state index < -0.39 is 0 Å². The molecule has 0 aliphatic carbocycles. The lowest BCUT2D eigenvalue weighted by Crippen LogP contribution is -2.02. The maximum atomic E-state index is 5.89. The number of benzene rings is 2. The molecule has 2 nitrogen and oxygen atoms in total. The van der Waals surface area contributed by atoms with Gasteiger partial charge in [0.1, 0.15) is 0 Å². The van der Waals surface area contributed by atoms with E-state index in [1.54, 1.807) is 0 Å². The van der Waals surface area contributed by atoms with Crippen LogP contribution in [0.2, 0.25) is 5.02 Å². The van der Waals surface area contributed by atoms with Crippen molar-refractivity contribution in [2.75, 3.05) is 11.1 Å². The van der Waals surface area contributed by atoms with Gasteiger partial charge in [-0.3, -0.25) is 0 Å². The Balaban J connectivity index is 2.05. The second-order valence-electron chi connectivity index (χ2n) is 3.56.